The first-order valence-electron chi connectivity index (χ1n) is 6.94. The van der Waals surface area contributed by atoms with Gasteiger partial charge in [0.25, 0.3) is 5.91 Å². The minimum Gasteiger partial charge on any atom is -0.497 e. The number of carbonyl (C=O) groups is 1. The van der Waals surface area contributed by atoms with Gasteiger partial charge in [0.15, 0.2) is 0 Å². The third kappa shape index (κ3) is 4.09. The topological polar surface area (TPSA) is 47.6 Å². The standard InChI is InChI=1S/C17H17Cl2NO3/c1-10(13-6-4-11(18)8-15(13)19)20-17(21)14-9-12(22-2)5-7-16(14)23-3/h4-10H,1-3H3,(H,20,21). The Balaban J connectivity index is 2.24. The summed E-state index contributed by atoms with van der Waals surface area (Å²) in [4.78, 5) is 12.5. The Morgan fingerprint density at radius 2 is 1.83 bits per heavy atom. The maximum absolute atomic E-state index is 12.5. The molecule has 0 aliphatic heterocycles. The Labute approximate surface area is 145 Å². The van der Waals surface area contributed by atoms with Gasteiger partial charge in [0.05, 0.1) is 25.8 Å². The van der Waals surface area contributed by atoms with E-state index < -0.39 is 0 Å². The van der Waals surface area contributed by atoms with Crippen molar-refractivity contribution in [1.29, 1.82) is 0 Å². The first-order valence-corrected chi connectivity index (χ1v) is 7.69. The number of halogens is 2. The van der Waals surface area contributed by atoms with Crippen LogP contribution < -0.4 is 14.8 Å². The monoisotopic (exact) mass is 353 g/mol. The SMILES string of the molecule is COc1ccc(OC)c(C(=O)NC(C)c2ccc(Cl)cc2Cl)c1. The Bertz CT molecular complexity index is 719. The van der Waals surface area contributed by atoms with Gasteiger partial charge in [-0.3, -0.25) is 4.79 Å². The molecular formula is C17H17Cl2NO3. The summed E-state index contributed by atoms with van der Waals surface area (Å²) in [5.74, 6) is 0.769. The molecule has 0 saturated heterocycles. The summed E-state index contributed by atoms with van der Waals surface area (Å²) in [5, 5.41) is 3.95. The van der Waals surface area contributed by atoms with E-state index in [-0.39, 0.29) is 11.9 Å². The van der Waals surface area contributed by atoms with Crippen molar-refractivity contribution in [1.82, 2.24) is 5.32 Å². The van der Waals surface area contributed by atoms with Gasteiger partial charge in [0, 0.05) is 10.0 Å². The van der Waals surface area contributed by atoms with Gasteiger partial charge in [-0.05, 0) is 42.8 Å². The molecule has 0 aliphatic carbocycles. The van der Waals surface area contributed by atoms with Crippen LogP contribution in [-0.2, 0) is 0 Å². The fourth-order valence-electron chi connectivity index (χ4n) is 2.20. The number of amides is 1. The fraction of sp³-hybridized carbons (Fsp3) is 0.235. The van der Waals surface area contributed by atoms with E-state index in [0.717, 1.165) is 5.56 Å². The van der Waals surface area contributed by atoms with E-state index in [1.807, 2.05) is 6.92 Å². The minimum absolute atomic E-state index is 0.278. The lowest BCUT2D eigenvalue weighted by Gasteiger charge is -2.17. The molecule has 0 aromatic heterocycles. The van der Waals surface area contributed by atoms with Crippen LogP contribution in [0.1, 0.15) is 28.9 Å². The maximum atomic E-state index is 12.5. The molecule has 0 bridgehead atoms. The highest BCUT2D eigenvalue weighted by atomic mass is 35.5. The highest BCUT2D eigenvalue weighted by Crippen LogP contribution is 2.28. The van der Waals surface area contributed by atoms with Gasteiger partial charge < -0.3 is 14.8 Å². The van der Waals surface area contributed by atoms with Crippen molar-refractivity contribution in [3.05, 3.63) is 57.6 Å². The van der Waals surface area contributed by atoms with Gasteiger partial charge in [0.1, 0.15) is 11.5 Å². The van der Waals surface area contributed by atoms with Crippen LogP contribution in [0.5, 0.6) is 11.5 Å². The molecule has 6 heteroatoms. The number of hydrogen-bond donors (Lipinski definition) is 1. The number of carbonyl (C=O) groups excluding carboxylic acids is 1. The quantitative estimate of drug-likeness (QED) is 0.860. The molecular weight excluding hydrogens is 337 g/mol. The summed E-state index contributed by atoms with van der Waals surface area (Å²) in [5.41, 5.74) is 1.18. The smallest absolute Gasteiger partial charge is 0.255 e. The molecule has 1 amide bonds. The third-order valence-corrected chi connectivity index (χ3v) is 3.99. The molecule has 1 atom stereocenters. The van der Waals surface area contributed by atoms with E-state index >= 15 is 0 Å². The van der Waals surface area contributed by atoms with E-state index in [2.05, 4.69) is 5.32 Å². The molecule has 0 fully saturated rings. The Hall–Kier alpha value is -1.91. The second-order valence-electron chi connectivity index (χ2n) is 4.93. The van der Waals surface area contributed by atoms with Gasteiger partial charge in [-0.1, -0.05) is 29.3 Å². The first-order chi connectivity index (χ1) is 11.0. The van der Waals surface area contributed by atoms with E-state index in [1.165, 1.54) is 7.11 Å². The largest absolute Gasteiger partial charge is 0.497 e. The van der Waals surface area contributed by atoms with Gasteiger partial charge in [0.2, 0.25) is 0 Å². The van der Waals surface area contributed by atoms with E-state index in [1.54, 1.807) is 43.5 Å². The normalized spacial score (nSPS) is 11.7. The van der Waals surface area contributed by atoms with Crippen LogP contribution in [-0.4, -0.2) is 20.1 Å². The highest BCUT2D eigenvalue weighted by molar-refractivity contribution is 6.35. The molecule has 2 aromatic rings. The molecule has 1 N–H and O–H groups in total. The third-order valence-electron chi connectivity index (χ3n) is 3.43. The second-order valence-corrected chi connectivity index (χ2v) is 5.77. The molecule has 0 heterocycles. The van der Waals surface area contributed by atoms with Crippen LogP contribution in [0.25, 0.3) is 0 Å². The minimum atomic E-state index is -0.289. The van der Waals surface area contributed by atoms with Gasteiger partial charge in [-0.25, -0.2) is 0 Å². The van der Waals surface area contributed by atoms with E-state index in [0.29, 0.717) is 27.1 Å². The van der Waals surface area contributed by atoms with Crippen molar-refractivity contribution in [2.24, 2.45) is 0 Å². The fourth-order valence-corrected chi connectivity index (χ4v) is 2.77. The molecule has 2 aromatic carbocycles. The Kier molecular flexibility index (Phi) is 5.74. The number of rotatable bonds is 5. The maximum Gasteiger partial charge on any atom is 0.255 e. The zero-order valence-electron chi connectivity index (χ0n) is 13.0. The van der Waals surface area contributed by atoms with Gasteiger partial charge >= 0.3 is 0 Å². The van der Waals surface area contributed by atoms with Crippen molar-refractivity contribution < 1.29 is 14.3 Å². The number of nitrogens with one attached hydrogen (secondary N) is 1. The number of benzene rings is 2. The summed E-state index contributed by atoms with van der Waals surface area (Å²) >= 11 is 12.1. The van der Waals surface area contributed by atoms with Crippen molar-refractivity contribution in [2.45, 2.75) is 13.0 Å². The van der Waals surface area contributed by atoms with Crippen molar-refractivity contribution >= 4 is 29.1 Å². The summed E-state index contributed by atoms with van der Waals surface area (Å²) < 4.78 is 10.4. The zero-order chi connectivity index (χ0) is 17.0. The average molecular weight is 354 g/mol. The van der Waals surface area contributed by atoms with Crippen molar-refractivity contribution in [3.63, 3.8) is 0 Å². The Morgan fingerprint density at radius 3 is 2.43 bits per heavy atom. The number of hydrogen-bond acceptors (Lipinski definition) is 3. The van der Waals surface area contributed by atoms with Crippen LogP contribution in [0, 0.1) is 0 Å². The summed E-state index contributed by atoms with van der Waals surface area (Å²) in [6.45, 7) is 1.85. The van der Waals surface area contributed by atoms with Crippen LogP contribution in [0.15, 0.2) is 36.4 Å². The lowest BCUT2D eigenvalue weighted by Crippen LogP contribution is -2.27. The van der Waals surface area contributed by atoms with Gasteiger partial charge in [-0.2, -0.15) is 0 Å². The predicted octanol–water partition coefficient (Wildman–Crippen LogP) is 4.50. The van der Waals surface area contributed by atoms with Crippen LogP contribution in [0.3, 0.4) is 0 Å². The van der Waals surface area contributed by atoms with Crippen molar-refractivity contribution in [2.75, 3.05) is 14.2 Å². The molecule has 0 aliphatic rings. The molecule has 122 valence electrons. The number of methoxy groups -OCH3 is 2. The average Bonchev–Trinajstić information content (AvgIpc) is 2.53. The Morgan fingerprint density at radius 1 is 1.09 bits per heavy atom. The van der Waals surface area contributed by atoms with Crippen LogP contribution in [0.2, 0.25) is 10.0 Å². The zero-order valence-corrected chi connectivity index (χ0v) is 14.5. The molecule has 0 spiro atoms. The highest BCUT2D eigenvalue weighted by Gasteiger charge is 2.18. The molecule has 2 rings (SSSR count). The molecule has 0 saturated carbocycles. The lowest BCUT2D eigenvalue weighted by atomic mass is 10.1. The predicted molar refractivity (Wildman–Crippen MR) is 91.9 cm³/mol. The van der Waals surface area contributed by atoms with Crippen LogP contribution in [0.4, 0.5) is 0 Å². The summed E-state index contributed by atoms with van der Waals surface area (Å²) in [6, 6.07) is 9.93. The molecule has 0 radical (unpaired) electrons. The molecule has 4 nitrogen and oxygen atoms in total. The summed E-state index contributed by atoms with van der Waals surface area (Å²) in [7, 11) is 3.05. The van der Waals surface area contributed by atoms with E-state index in [9.17, 15) is 4.79 Å². The van der Waals surface area contributed by atoms with E-state index in [4.69, 9.17) is 32.7 Å². The van der Waals surface area contributed by atoms with Crippen LogP contribution >= 0.6 is 23.2 Å². The first kappa shape index (κ1) is 17.4. The second kappa shape index (κ2) is 7.57. The molecule has 23 heavy (non-hydrogen) atoms. The summed E-state index contributed by atoms with van der Waals surface area (Å²) in [6.07, 6.45) is 0. The van der Waals surface area contributed by atoms with Crippen molar-refractivity contribution in [3.8, 4) is 11.5 Å². The number of ether oxygens (including phenoxy) is 2. The molecule has 1 unspecified atom stereocenters. The lowest BCUT2D eigenvalue weighted by molar-refractivity contribution is 0.0936. The van der Waals surface area contributed by atoms with Gasteiger partial charge in [-0.15, -0.1) is 0 Å².